The molecule has 1 saturated heterocycles. The van der Waals surface area contributed by atoms with Crippen LogP contribution in [0, 0.1) is 0 Å². The second-order valence-electron chi connectivity index (χ2n) is 3.11. The number of rotatable bonds is 2. The van der Waals surface area contributed by atoms with Gasteiger partial charge in [-0.3, -0.25) is 0 Å². The van der Waals surface area contributed by atoms with Gasteiger partial charge in [0.15, 0.2) is 0 Å². The van der Waals surface area contributed by atoms with Crippen LogP contribution in [-0.2, 0) is 0 Å². The van der Waals surface area contributed by atoms with E-state index < -0.39 is 6.17 Å². The van der Waals surface area contributed by atoms with E-state index in [0.29, 0.717) is 13.0 Å². The van der Waals surface area contributed by atoms with E-state index >= 15 is 0 Å². The highest BCUT2D eigenvalue weighted by Gasteiger charge is 2.26. The molecule has 1 rings (SSSR count). The van der Waals surface area contributed by atoms with E-state index in [4.69, 9.17) is 5.73 Å². The first-order valence-corrected chi connectivity index (χ1v) is 4.16. The van der Waals surface area contributed by atoms with Gasteiger partial charge < -0.3 is 16.0 Å². The first-order chi connectivity index (χ1) is 5.65. The van der Waals surface area contributed by atoms with Gasteiger partial charge in [0.25, 0.3) is 0 Å². The lowest BCUT2D eigenvalue weighted by atomic mass is 10.0. The van der Waals surface area contributed by atoms with Crippen LogP contribution in [0.4, 0.5) is 4.39 Å². The van der Waals surface area contributed by atoms with E-state index in [-0.39, 0.29) is 6.04 Å². The van der Waals surface area contributed by atoms with E-state index in [9.17, 15) is 4.39 Å². The smallest absolute Gasteiger partial charge is 0.133 e. The average molecular weight is 173 g/mol. The van der Waals surface area contributed by atoms with Crippen molar-refractivity contribution in [3.63, 3.8) is 0 Å². The molecule has 0 aliphatic carbocycles. The van der Waals surface area contributed by atoms with Gasteiger partial charge >= 0.3 is 0 Å². The Hall–Kier alpha value is -0.770. The van der Waals surface area contributed by atoms with Gasteiger partial charge in [0.1, 0.15) is 6.17 Å². The number of piperidine rings is 1. The summed E-state index contributed by atoms with van der Waals surface area (Å²) >= 11 is 0. The van der Waals surface area contributed by atoms with Gasteiger partial charge in [-0.1, -0.05) is 6.58 Å². The number of hydrogen-bond donors (Lipinski definition) is 2. The second kappa shape index (κ2) is 3.76. The predicted octanol–water partition coefficient (Wildman–Crippen LogP) is 0.0481. The van der Waals surface area contributed by atoms with Crippen LogP contribution < -0.4 is 11.1 Å². The highest BCUT2D eigenvalue weighted by Crippen LogP contribution is 2.14. The summed E-state index contributed by atoms with van der Waals surface area (Å²) < 4.78 is 13.1. The van der Waals surface area contributed by atoms with Gasteiger partial charge in [-0.15, -0.1) is 0 Å². The monoisotopic (exact) mass is 173 g/mol. The molecule has 12 heavy (non-hydrogen) atoms. The van der Waals surface area contributed by atoms with Gasteiger partial charge in [0.2, 0.25) is 0 Å². The van der Waals surface area contributed by atoms with Crippen LogP contribution in [0.3, 0.4) is 0 Å². The van der Waals surface area contributed by atoms with Crippen LogP contribution in [0.15, 0.2) is 12.4 Å². The molecule has 0 radical (unpaired) electrons. The molecule has 0 aromatic carbocycles. The Morgan fingerprint density at radius 2 is 2.42 bits per heavy atom. The van der Waals surface area contributed by atoms with Crippen LogP contribution in [0.25, 0.3) is 0 Å². The summed E-state index contributed by atoms with van der Waals surface area (Å²) in [7, 11) is 1.78. The van der Waals surface area contributed by atoms with Crippen LogP contribution in [0.5, 0.6) is 0 Å². The predicted molar refractivity (Wildman–Crippen MR) is 47.3 cm³/mol. The number of alkyl halides is 1. The maximum absolute atomic E-state index is 13.1. The van der Waals surface area contributed by atoms with Crippen molar-refractivity contribution in [3.05, 3.63) is 12.4 Å². The SMILES string of the molecule is C=C(NC)N1CCC(N)C(F)C1. The topological polar surface area (TPSA) is 41.3 Å². The van der Waals surface area contributed by atoms with E-state index in [1.54, 1.807) is 7.05 Å². The van der Waals surface area contributed by atoms with Crippen molar-refractivity contribution in [1.82, 2.24) is 10.2 Å². The highest BCUT2D eigenvalue weighted by molar-refractivity contribution is 4.95. The Kier molecular flexibility index (Phi) is 2.92. The van der Waals surface area contributed by atoms with Gasteiger partial charge in [0, 0.05) is 19.6 Å². The van der Waals surface area contributed by atoms with Crippen LogP contribution in [-0.4, -0.2) is 37.3 Å². The molecular formula is C8H16FN3. The number of likely N-dealkylation sites (tertiary alicyclic amines) is 1. The van der Waals surface area contributed by atoms with Crippen LogP contribution >= 0.6 is 0 Å². The van der Waals surface area contributed by atoms with Crippen LogP contribution in [0.1, 0.15) is 6.42 Å². The first kappa shape index (κ1) is 9.32. The summed E-state index contributed by atoms with van der Waals surface area (Å²) in [5.74, 6) is 0.768. The molecule has 0 spiro atoms. The summed E-state index contributed by atoms with van der Waals surface area (Å²) in [4.78, 5) is 1.88. The van der Waals surface area contributed by atoms with Gasteiger partial charge in [-0.2, -0.15) is 0 Å². The molecule has 1 fully saturated rings. The fourth-order valence-corrected chi connectivity index (χ4v) is 1.33. The molecule has 2 unspecified atom stereocenters. The second-order valence-corrected chi connectivity index (χ2v) is 3.11. The fraction of sp³-hybridized carbons (Fsp3) is 0.750. The van der Waals surface area contributed by atoms with Crippen molar-refractivity contribution in [1.29, 1.82) is 0 Å². The quantitative estimate of drug-likeness (QED) is 0.620. The van der Waals surface area contributed by atoms with Crippen molar-refractivity contribution < 1.29 is 4.39 Å². The summed E-state index contributed by atoms with van der Waals surface area (Å²) in [6.45, 7) is 4.92. The summed E-state index contributed by atoms with van der Waals surface area (Å²) in [6.07, 6.45) is -0.231. The largest absolute Gasteiger partial charge is 0.375 e. The number of halogens is 1. The fourth-order valence-electron chi connectivity index (χ4n) is 1.33. The molecule has 4 heteroatoms. The Bertz CT molecular complexity index is 172. The molecule has 2 atom stereocenters. The molecule has 0 aromatic rings. The molecule has 3 N–H and O–H groups in total. The molecule has 1 heterocycles. The maximum Gasteiger partial charge on any atom is 0.133 e. The molecule has 0 amide bonds. The van der Waals surface area contributed by atoms with Crippen molar-refractivity contribution in [3.8, 4) is 0 Å². The average Bonchev–Trinajstić information content (AvgIpc) is 2.08. The molecular weight excluding hydrogens is 157 g/mol. The minimum Gasteiger partial charge on any atom is -0.375 e. The van der Waals surface area contributed by atoms with Crippen molar-refractivity contribution >= 4 is 0 Å². The lowest BCUT2D eigenvalue weighted by Crippen LogP contribution is -2.49. The maximum atomic E-state index is 13.1. The zero-order valence-corrected chi connectivity index (χ0v) is 7.39. The molecule has 1 aliphatic rings. The number of hydrogen-bond acceptors (Lipinski definition) is 3. The number of nitrogens with one attached hydrogen (secondary N) is 1. The zero-order valence-electron chi connectivity index (χ0n) is 7.39. The third-order valence-electron chi connectivity index (χ3n) is 2.26. The summed E-state index contributed by atoms with van der Waals surface area (Å²) in [5, 5.41) is 2.89. The molecule has 70 valence electrons. The Labute approximate surface area is 72.4 Å². The standard InChI is InChI=1S/C8H16FN3/c1-6(11-2)12-4-3-8(10)7(9)5-12/h7-8,11H,1,3-5,10H2,2H3. The number of nitrogens with zero attached hydrogens (tertiary/aromatic N) is 1. The minimum atomic E-state index is -0.927. The van der Waals surface area contributed by atoms with Crippen molar-refractivity contribution in [2.45, 2.75) is 18.6 Å². The Balaban J connectivity index is 2.45. The lowest BCUT2D eigenvalue weighted by Gasteiger charge is -2.35. The number of nitrogens with two attached hydrogens (primary N) is 1. The van der Waals surface area contributed by atoms with Crippen LogP contribution in [0.2, 0.25) is 0 Å². The van der Waals surface area contributed by atoms with E-state index in [1.807, 2.05) is 4.90 Å². The van der Waals surface area contributed by atoms with Gasteiger partial charge in [-0.25, -0.2) is 4.39 Å². The molecule has 0 aromatic heterocycles. The summed E-state index contributed by atoms with van der Waals surface area (Å²) in [5.41, 5.74) is 5.53. The molecule has 0 saturated carbocycles. The van der Waals surface area contributed by atoms with Gasteiger partial charge in [-0.05, 0) is 6.42 Å². The van der Waals surface area contributed by atoms with E-state index in [2.05, 4.69) is 11.9 Å². The normalized spacial score (nSPS) is 30.1. The highest BCUT2D eigenvalue weighted by atomic mass is 19.1. The van der Waals surface area contributed by atoms with Crippen molar-refractivity contribution in [2.75, 3.05) is 20.1 Å². The first-order valence-electron chi connectivity index (χ1n) is 4.16. The van der Waals surface area contributed by atoms with Gasteiger partial charge in [0.05, 0.1) is 12.4 Å². The lowest BCUT2D eigenvalue weighted by molar-refractivity contribution is 0.141. The molecule has 3 nitrogen and oxygen atoms in total. The summed E-state index contributed by atoms with van der Waals surface area (Å²) in [6, 6.07) is -0.300. The third-order valence-corrected chi connectivity index (χ3v) is 2.26. The third kappa shape index (κ3) is 1.88. The zero-order chi connectivity index (χ0) is 9.14. The Morgan fingerprint density at radius 3 is 2.92 bits per heavy atom. The van der Waals surface area contributed by atoms with E-state index in [1.165, 1.54) is 0 Å². The Morgan fingerprint density at radius 1 is 1.75 bits per heavy atom. The van der Waals surface area contributed by atoms with Crippen molar-refractivity contribution in [2.24, 2.45) is 5.73 Å². The van der Waals surface area contributed by atoms with E-state index in [0.717, 1.165) is 12.4 Å². The molecule has 0 bridgehead atoms. The molecule has 1 aliphatic heterocycles. The minimum absolute atomic E-state index is 0.300.